The Hall–Kier alpha value is -1.35. The first-order valence-electron chi connectivity index (χ1n) is 6.20. The van der Waals surface area contributed by atoms with Crippen molar-refractivity contribution < 1.29 is 4.79 Å². The Kier molecular flexibility index (Phi) is 3.48. The fourth-order valence-corrected chi connectivity index (χ4v) is 2.20. The highest BCUT2D eigenvalue weighted by Gasteiger charge is 2.26. The number of fused-ring (bicyclic) bond motifs is 1. The van der Waals surface area contributed by atoms with E-state index in [0.717, 1.165) is 19.5 Å². The van der Waals surface area contributed by atoms with Crippen molar-refractivity contribution in [3.05, 3.63) is 35.4 Å². The number of hydrogen-bond acceptors (Lipinski definition) is 2. The van der Waals surface area contributed by atoms with E-state index in [-0.39, 0.29) is 17.9 Å². The van der Waals surface area contributed by atoms with Gasteiger partial charge in [-0.1, -0.05) is 31.2 Å². The molecule has 0 spiro atoms. The second-order valence-corrected chi connectivity index (χ2v) is 4.93. The lowest BCUT2D eigenvalue weighted by atomic mass is 9.97. The maximum Gasteiger partial charge on any atom is 0.227 e. The number of amides is 1. The van der Waals surface area contributed by atoms with Crippen LogP contribution in [-0.2, 0) is 17.8 Å². The van der Waals surface area contributed by atoms with Gasteiger partial charge in [-0.3, -0.25) is 4.79 Å². The average molecular weight is 232 g/mol. The molecule has 0 bridgehead atoms. The van der Waals surface area contributed by atoms with Gasteiger partial charge in [0.15, 0.2) is 0 Å². The molecule has 1 aliphatic rings. The van der Waals surface area contributed by atoms with E-state index in [4.69, 9.17) is 5.73 Å². The number of nitrogens with zero attached hydrogens (tertiary/aromatic N) is 1. The first-order valence-corrected chi connectivity index (χ1v) is 6.20. The van der Waals surface area contributed by atoms with E-state index < -0.39 is 0 Å². The monoisotopic (exact) mass is 232 g/mol. The van der Waals surface area contributed by atoms with Crippen molar-refractivity contribution in [2.24, 2.45) is 11.7 Å². The molecule has 1 aromatic carbocycles. The molecular formula is C14H20N2O. The van der Waals surface area contributed by atoms with Gasteiger partial charge in [0.1, 0.15) is 0 Å². The summed E-state index contributed by atoms with van der Waals surface area (Å²) < 4.78 is 0. The van der Waals surface area contributed by atoms with Crippen LogP contribution in [-0.4, -0.2) is 23.4 Å². The molecule has 2 unspecified atom stereocenters. The zero-order valence-corrected chi connectivity index (χ0v) is 10.5. The van der Waals surface area contributed by atoms with Crippen LogP contribution < -0.4 is 5.73 Å². The summed E-state index contributed by atoms with van der Waals surface area (Å²) in [6.45, 7) is 5.34. The minimum atomic E-state index is -0.0970. The van der Waals surface area contributed by atoms with Crippen LogP contribution in [0.3, 0.4) is 0 Å². The Labute approximate surface area is 103 Å². The van der Waals surface area contributed by atoms with Gasteiger partial charge in [-0.25, -0.2) is 0 Å². The van der Waals surface area contributed by atoms with Gasteiger partial charge in [0.25, 0.3) is 0 Å². The topological polar surface area (TPSA) is 46.3 Å². The van der Waals surface area contributed by atoms with Crippen LogP contribution in [0.1, 0.15) is 25.0 Å². The van der Waals surface area contributed by atoms with Crippen LogP contribution in [0, 0.1) is 5.92 Å². The molecule has 0 fully saturated rings. The molecule has 2 atom stereocenters. The first kappa shape index (κ1) is 12.1. The molecule has 0 radical (unpaired) electrons. The molecule has 1 amide bonds. The lowest BCUT2D eigenvalue weighted by molar-refractivity contribution is -0.136. The van der Waals surface area contributed by atoms with E-state index in [9.17, 15) is 4.79 Å². The largest absolute Gasteiger partial charge is 0.338 e. The number of carbonyl (C=O) groups excluding carboxylic acids is 1. The van der Waals surface area contributed by atoms with Crippen LogP contribution in [0.4, 0.5) is 0 Å². The van der Waals surface area contributed by atoms with Gasteiger partial charge in [-0.15, -0.1) is 0 Å². The van der Waals surface area contributed by atoms with Crippen molar-refractivity contribution >= 4 is 5.91 Å². The second-order valence-electron chi connectivity index (χ2n) is 4.93. The van der Waals surface area contributed by atoms with E-state index in [0.29, 0.717) is 0 Å². The number of rotatable bonds is 2. The third-order valence-corrected chi connectivity index (χ3v) is 3.62. The van der Waals surface area contributed by atoms with Gasteiger partial charge in [-0.2, -0.15) is 0 Å². The molecule has 0 aliphatic carbocycles. The van der Waals surface area contributed by atoms with Crippen LogP contribution in [0.15, 0.2) is 24.3 Å². The molecule has 0 aromatic heterocycles. The summed E-state index contributed by atoms with van der Waals surface area (Å²) in [6, 6.07) is 8.25. The van der Waals surface area contributed by atoms with Crippen LogP contribution in [0.2, 0.25) is 0 Å². The molecule has 1 heterocycles. The molecule has 1 aromatic rings. The van der Waals surface area contributed by atoms with Crippen LogP contribution in [0.25, 0.3) is 0 Å². The van der Waals surface area contributed by atoms with Gasteiger partial charge in [0.05, 0.1) is 5.92 Å². The van der Waals surface area contributed by atoms with E-state index in [2.05, 4.69) is 18.2 Å². The molecule has 2 rings (SSSR count). The van der Waals surface area contributed by atoms with Gasteiger partial charge >= 0.3 is 0 Å². The van der Waals surface area contributed by atoms with E-state index in [1.54, 1.807) is 0 Å². The SMILES string of the molecule is CC(N)C(C)C(=O)N1CCc2ccccc2C1. The maximum absolute atomic E-state index is 12.2. The van der Waals surface area contributed by atoms with E-state index in [1.165, 1.54) is 11.1 Å². The summed E-state index contributed by atoms with van der Waals surface area (Å²) >= 11 is 0. The van der Waals surface area contributed by atoms with Crippen molar-refractivity contribution in [3.63, 3.8) is 0 Å². The third kappa shape index (κ3) is 2.50. The van der Waals surface area contributed by atoms with Crippen molar-refractivity contribution in [2.45, 2.75) is 32.9 Å². The Balaban J connectivity index is 2.10. The average Bonchev–Trinajstić information content (AvgIpc) is 2.36. The normalized spacial score (nSPS) is 18.4. The lowest BCUT2D eigenvalue weighted by Crippen LogP contribution is -2.43. The Morgan fingerprint density at radius 1 is 1.29 bits per heavy atom. The molecule has 1 aliphatic heterocycles. The summed E-state index contributed by atoms with van der Waals surface area (Å²) in [6.07, 6.45) is 0.952. The Bertz CT molecular complexity index is 414. The Morgan fingerprint density at radius 3 is 2.59 bits per heavy atom. The van der Waals surface area contributed by atoms with Crippen molar-refractivity contribution in [1.29, 1.82) is 0 Å². The van der Waals surface area contributed by atoms with Crippen LogP contribution in [0.5, 0.6) is 0 Å². The summed E-state index contributed by atoms with van der Waals surface area (Å²) in [4.78, 5) is 14.1. The standard InChI is InChI=1S/C14H20N2O/c1-10(11(2)15)14(17)16-8-7-12-5-3-4-6-13(12)9-16/h3-6,10-11H,7-9,15H2,1-2H3. The highest BCUT2D eigenvalue weighted by molar-refractivity contribution is 5.79. The van der Waals surface area contributed by atoms with Crippen molar-refractivity contribution in [2.75, 3.05) is 6.54 Å². The predicted octanol–water partition coefficient (Wildman–Crippen LogP) is 1.55. The zero-order chi connectivity index (χ0) is 12.4. The molecule has 2 N–H and O–H groups in total. The number of hydrogen-bond donors (Lipinski definition) is 1. The van der Waals surface area contributed by atoms with Gasteiger partial charge < -0.3 is 10.6 Å². The summed E-state index contributed by atoms with van der Waals surface area (Å²) in [5.41, 5.74) is 8.42. The highest BCUT2D eigenvalue weighted by Crippen LogP contribution is 2.20. The van der Waals surface area contributed by atoms with E-state index >= 15 is 0 Å². The number of carbonyl (C=O) groups is 1. The summed E-state index contributed by atoms with van der Waals surface area (Å²) in [7, 11) is 0. The third-order valence-electron chi connectivity index (χ3n) is 3.62. The highest BCUT2D eigenvalue weighted by atomic mass is 16.2. The molecule has 3 nitrogen and oxygen atoms in total. The van der Waals surface area contributed by atoms with Gasteiger partial charge in [0, 0.05) is 19.1 Å². The minimum absolute atomic E-state index is 0.0836. The summed E-state index contributed by atoms with van der Waals surface area (Å²) in [5.74, 6) is 0.0785. The number of nitrogens with two attached hydrogens (primary N) is 1. The van der Waals surface area contributed by atoms with Gasteiger partial charge in [0.2, 0.25) is 5.91 Å². The molecule has 17 heavy (non-hydrogen) atoms. The molecule has 0 saturated carbocycles. The van der Waals surface area contributed by atoms with Crippen LogP contribution >= 0.6 is 0 Å². The van der Waals surface area contributed by atoms with Gasteiger partial charge in [-0.05, 0) is 24.5 Å². The molecule has 0 saturated heterocycles. The zero-order valence-electron chi connectivity index (χ0n) is 10.5. The number of benzene rings is 1. The smallest absolute Gasteiger partial charge is 0.227 e. The minimum Gasteiger partial charge on any atom is -0.338 e. The quantitative estimate of drug-likeness (QED) is 0.841. The van der Waals surface area contributed by atoms with E-state index in [1.807, 2.05) is 24.8 Å². The predicted molar refractivity (Wildman–Crippen MR) is 68.4 cm³/mol. The second kappa shape index (κ2) is 4.88. The molecular weight excluding hydrogens is 212 g/mol. The summed E-state index contributed by atoms with van der Waals surface area (Å²) in [5, 5.41) is 0. The first-order chi connectivity index (χ1) is 8.09. The Morgan fingerprint density at radius 2 is 1.94 bits per heavy atom. The molecule has 92 valence electrons. The van der Waals surface area contributed by atoms with Crippen molar-refractivity contribution in [1.82, 2.24) is 4.90 Å². The molecule has 3 heteroatoms. The van der Waals surface area contributed by atoms with Crippen molar-refractivity contribution in [3.8, 4) is 0 Å². The fourth-order valence-electron chi connectivity index (χ4n) is 2.20. The maximum atomic E-state index is 12.2. The fraction of sp³-hybridized carbons (Fsp3) is 0.500. The lowest BCUT2D eigenvalue weighted by Gasteiger charge is -2.31.